The van der Waals surface area contributed by atoms with E-state index < -0.39 is 0 Å². The summed E-state index contributed by atoms with van der Waals surface area (Å²) in [5, 5.41) is 2.80. The smallest absolute Gasteiger partial charge is 0.225 e. The minimum Gasteiger partial charge on any atom is -0.352 e. The second-order valence-corrected chi connectivity index (χ2v) is 5.39. The molecule has 1 saturated heterocycles. The van der Waals surface area contributed by atoms with Crippen molar-refractivity contribution >= 4 is 11.8 Å². The van der Waals surface area contributed by atoms with E-state index in [9.17, 15) is 14.0 Å². The summed E-state index contributed by atoms with van der Waals surface area (Å²) >= 11 is 0. The molecule has 2 amide bonds. The third-order valence-electron chi connectivity index (χ3n) is 3.53. The van der Waals surface area contributed by atoms with Gasteiger partial charge in [-0.05, 0) is 31.5 Å². The fourth-order valence-electron chi connectivity index (χ4n) is 2.34. The van der Waals surface area contributed by atoms with Gasteiger partial charge in [-0.15, -0.1) is 0 Å². The zero-order valence-corrected chi connectivity index (χ0v) is 11.7. The van der Waals surface area contributed by atoms with Crippen molar-refractivity contribution in [1.82, 2.24) is 10.2 Å². The van der Waals surface area contributed by atoms with Crippen LogP contribution >= 0.6 is 0 Å². The van der Waals surface area contributed by atoms with Crippen LogP contribution in [0.3, 0.4) is 0 Å². The fourth-order valence-corrected chi connectivity index (χ4v) is 2.34. The third kappa shape index (κ3) is 3.35. The van der Waals surface area contributed by atoms with Gasteiger partial charge in [0.15, 0.2) is 0 Å². The Hall–Kier alpha value is -1.91. The van der Waals surface area contributed by atoms with Crippen LogP contribution in [0, 0.1) is 11.7 Å². The highest BCUT2D eigenvalue weighted by molar-refractivity contribution is 5.89. The molecule has 1 atom stereocenters. The first-order valence-electron chi connectivity index (χ1n) is 6.79. The molecule has 1 fully saturated rings. The van der Waals surface area contributed by atoms with Crippen LogP contribution in [0.15, 0.2) is 24.3 Å². The minimum absolute atomic E-state index is 0.0296. The second kappa shape index (κ2) is 6.03. The van der Waals surface area contributed by atoms with Crippen LogP contribution < -0.4 is 5.32 Å². The van der Waals surface area contributed by atoms with Crippen molar-refractivity contribution in [3.63, 3.8) is 0 Å². The monoisotopic (exact) mass is 278 g/mol. The quantitative estimate of drug-likeness (QED) is 0.911. The summed E-state index contributed by atoms with van der Waals surface area (Å²) in [6.45, 7) is 4.71. The van der Waals surface area contributed by atoms with Crippen LogP contribution in [0.5, 0.6) is 0 Å². The van der Waals surface area contributed by atoms with Gasteiger partial charge in [0.2, 0.25) is 11.8 Å². The Balaban J connectivity index is 1.87. The summed E-state index contributed by atoms with van der Waals surface area (Å²) in [7, 11) is 0. The zero-order chi connectivity index (χ0) is 14.7. The maximum atomic E-state index is 12.8. The van der Waals surface area contributed by atoms with E-state index in [-0.39, 0.29) is 36.0 Å². The molecule has 0 radical (unpaired) electrons. The predicted octanol–water partition coefficient (Wildman–Crippen LogP) is 1.70. The van der Waals surface area contributed by atoms with Gasteiger partial charge < -0.3 is 10.2 Å². The average molecular weight is 278 g/mol. The summed E-state index contributed by atoms with van der Waals surface area (Å²) in [5.74, 6) is -0.674. The van der Waals surface area contributed by atoms with Gasteiger partial charge in [0.25, 0.3) is 0 Å². The highest BCUT2D eigenvalue weighted by atomic mass is 19.1. The van der Waals surface area contributed by atoms with Gasteiger partial charge in [0.1, 0.15) is 5.82 Å². The van der Waals surface area contributed by atoms with Crippen LogP contribution in [0.1, 0.15) is 25.8 Å². The lowest BCUT2D eigenvalue weighted by atomic mass is 10.1. The largest absolute Gasteiger partial charge is 0.352 e. The first-order chi connectivity index (χ1) is 9.47. The second-order valence-electron chi connectivity index (χ2n) is 5.39. The topological polar surface area (TPSA) is 49.4 Å². The number of hydrogen-bond donors (Lipinski definition) is 1. The molecule has 0 spiro atoms. The molecule has 2 rings (SSSR count). The molecule has 5 heteroatoms. The highest BCUT2D eigenvalue weighted by Gasteiger charge is 2.35. The fraction of sp³-hybridized carbons (Fsp3) is 0.467. The van der Waals surface area contributed by atoms with E-state index in [0.717, 1.165) is 5.56 Å². The van der Waals surface area contributed by atoms with E-state index in [1.54, 1.807) is 17.0 Å². The summed E-state index contributed by atoms with van der Waals surface area (Å²) < 4.78 is 12.8. The molecule has 1 aromatic carbocycles. The van der Waals surface area contributed by atoms with E-state index in [1.165, 1.54) is 12.1 Å². The molecule has 0 saturated carbocycles. The Morgan fingerprint density at radius 2 is 2.05 bits per heavy atom. The molecule has 20 heavy (non-hydrogen) atoms. The molecule has 1 aliphatic rings. The van der Waals surface area contributed by atoms with E-state index >= 15 is 0 Å². The first kappa shape index (κ1) is 14.5. The number of nitrogens with zero attached hydrogens (tertiary/aromatic N) is 1. The lowest BCUT2D eigenvalue weighted by molar-refractivity contribution is -0.129. The predicted molar refractivity (Wildman–Crippen MR) is 73.2 cm³/mol. The van der Waals surface area contributed by atoms with Crippen molar-refractivity contribution in [1.29, 1.82) is 0 Å². The molecular formula is C15H19FN2O2. The number of carbonyl (C=O) groups excluding carboxylic acids is 2. The van der Waals surface area contributed by atoms with E-state index in [2.05, 4.69) is 5.32 Å². The molecular weight excluding hydrogens is 259 g/mol. The molecule has 0 unspecified atom stereocenters. The molecule has 0 aliphatic carbocycles. The van der Waals surface area contributed by atoms with Gasteiger partial charge in [-0.1, -0.05) is 12.1 Å². The molecule has 1 aromatic rings. The van der Waals surface area contributed by atoms with E-state index in [1.807, 2.05) is 13.8 Å². The van der Waals surface area contributed by atoms with Crippen molar-refractivity contribution in [2.45, 2.75) is 32.9 Å². The van der Waals surface area contributed by atoms with Crippen LogP contribution in [0.4, 0.5) is 4.39 Å². The van der Waals surface area contributed by atoms with Gasteiger partial charge in [0, 0.05) is 25.6 Å². The third-order valence-corrected chi connectivity index (χ3v) is 3.53. The number of likely N-dealkylation sites (tertiary alicyclic amines) is 1. The Morgan fingerprint density at radius 3 is 2.60 bits per heavy atom. The van der Waals surface area contributed by atoms with E-state index in [0.29, 0.717) is 13.1 Å². The summed E-state index contributed by atoms with van der Waals surface area (Å²) in [4.78, 5) is 25.5. The van der Waals surface area contributed by atoms with Crippen molar-refractivity contribution < 1.29 is 14.0 Å². The number of nitrogens with one attached hydrogen (secondary N) is 1. The zero-order valence-electron chi connectivity index (χ0n) is 11.7. The van der Waals surface area contributed by atoms with Gasteiger partial charge in [-0.3, -0.25) is 9.59 Å². The maximum absolute atomic E-state index is 12.8. The van der Waals surface area contributed by atoms with Crippen molar-refractivity contribution in [3.8, 4) is 0 Å². The number of hydrogen-bond acceptors (Lipinski definition) is 2. The number of carbonyl (C=O) groups is 2. The molecule has 0 aromatic heterocycles. The van der Waals surface area contributed by atoms with E-state index in [4.69, 9.17) is 0 Å². The molecule has 1 aliphatic heterocycles. The normalized spacial score (nSPS) is 18.7. The number of halogens is 1. The Bertz CT molecular complexity index is 499. The van der Waals surface area contributed by atoms with Crippen LogP contribution in [0.25, 0.3) is 0 Å². The van der Waals surface area contributed by atoms with Crippen molar-refractivity contribution in [2.75, 3.05) is 6.54 Å². The van der Waals surface area contributed by atoms with Crippen LogP contribution in [0.2, 0.25) is 0 Å². The summed E-state index contributed by atoms with van der Waals surface area (Å²) in [5.41, 5.74) is 0.838. The molecule has 1 N–H and O–H groups in total. The minimum atomic E-state index is -0.297. The van der Waals surface area contributed by atoms with Gasteiger partial charge in [-0.2, -0.15) is 0 Å². The number of amides is 2. The molecule has 4 nitrogen and oxygen atoms in total. The van der Waals surface area contributed by atoms with Crippen molar-refractivity contribution in [2.24, 2.45) is 5.92 Å². The number of rotatable bonds is 4. The molecule has 0 bridgehead atoms. The van der Waals surface area contributed by atoms with Crippen LogP contribution in [-0.2, 0) is 16.1 Å². The molecule has 108 valence electrons. The van der Waals surface area contributed by atoms with Crippen molar-refractivity contribution in [3.05, 3.63) is 35.6 Å². The maximum Gasteiger partial charge on any atom is 0.225 e. The lowest BCUT2D eigenvalue weighted by Crippen LogP contribution is -2.35. The van der Waals surface area contributed by atoms with Crippen LogP contribution in [-0.4, -0.2) is 29.3 Å². The van der Waals surface area contributed by atoms with Gasteiger partial charge >= 0.3 is 0 Å². The summed E-state index contributed by atoms with van der Waals surface area (Å²) in [6.07, 6.45) is 0.271. The average Bonchev–Trinajstić information content (AvgIpc) is 2.80. The number of benzene rings is 1. The molecule has 1 heterocycles. The first-order valence-corrected chi connectivity index (χ1v) is 6.79. The SMILES string of the molecule is CC(C)N1C[C@@H](C(=O)NCc2ccc(F)cc2)CC1=O. The Kier molecular flexibility index (Phi) is 4.37. The standard InChI is InChI=1S/C15H19FN2O2/c1-10(2)18-9-12(7-14(18)19)15(20)17-8-11-3-5-13(16)6-4-11/h3-6,10,12H,7-9H2,1-2H3,(H,17,20)/t12-/m0/s1. The Labute approximate surface area is 118 Å². The summed E-state index contributed by atoms with van der Waals surface area (Å²) in [6, 6.07) is 6.12. The highest BCUT2D eigenvalue weighted by Crippen LogP contribution is 2.20. The lowest BCUT2D eigenvalue weighted by Gasteiger charge is -2.20. The van der Waals surface area contributed by atoms with Gasteiger partial charge in [0.05, 0.1) is 5.92 Å². The van der Waals surface area contributed by atoms with Gasteiger partial charge in [-0.25, -0.2) is 4.39 Å². The Morgan fingerprint density at radius 1 is 1.40 bits per heavy atom.